The predicted molar refractivity (Wildman–Crippen MR) is 207 cm³/mol. The molecule has 5 atom stereocenters. The van der Waals surface area contributed by atoms with Crippen molar-refractivity contribution >= 4 is 27.0 Å². The van der Waals surface area contributed by atoms with Gasteiger partial charge in [0.2, 0.25) is 0 Å². The smallest absolute Gasteiger partial charge is 0.261 e. The van der Waals surface area contributed by atoms with Crippen LogP contribution in [0.1, 0.15) is 52.7 Å². The molecule has 0 unspecified atom stereocenters. The summed E-state index contributed by atoms with van der Waals surface area (Å²) in [5, 5.41) is 13.8. The standard InChI is InChI=1S/C42H56O6Si2/c1-41(2,3)49(7,8)48-37-36(31-46-50(42(4,5)6,34-25-17-11-18-26-34)35-27-19-12-20-28-35)47-40(43)39(45-30-33-23-15-10-16-24-33)38(37)44-29-32-21-13-9-14-22-32/h9-28,36-40,43H,29-31H2,1-8H3/t36-,37-,38+,39-,40+/m1/s1. The highest BCUT2D eigenvalue weighted by Gasteiger charge is 2.54. The molecule has 4 aromatic rings. The molecule has 4 aromatic carbocycles. The van der Waals surface area contributed by atoms with Crippen LogP contribution >= 0.6 is 0 Å². The Morgan fingerprint density at radius 3 is 1.42 bits per heavy atom. The van der Waals surface area contributed by atoms with Crippen LogP contribution in [0, 0.1) is 0 Å². The number of benzene rings is 4. The number of hydrogen-bond acceptors (Lipinski definition) is 6. The zero-order chi connectivity index (χ0) is 36.0. The summed E-state index contributed by atoms with van der Waals surface area (Å²) in [5.41, 5.74) is 2.03. The molecule has 0 radical (unpaired) electrons. The van der Waals surface area contributed by atoms with E-state index in [1.165, 1.54) is 10.4 Å². The second kappa shape index (κ2) is 16.2. The summed E-state index contributed by atoms with van der Waals surface area (Å²) < 4.78 is 34.6. The summed E-state index contributed by atoms with van der Waals surface area (Å²) in [5.74, 6) is 0. The average Bonchev–Trinajstić information content (AvgIpc) is 3.09. The maximum Gasteiger partial charge on any atom is 0.261 e. The zero-order valence-corrected chi connectivity index (χ0v) is 33.0. The minimum absolute atomic E-state index is 0.0865. The van der Waals surface area contributed by atoms with Crippen molar-refractivity contribution in [3.05, 3.63) is 132 Å². The lowest BCUT2D eigenvalue weighted by atomic mass is 9.98. The first kappa shape index (κ1) is 38.3. The van der Waals surface area contributed by atoms with E-state index in [-0.39, 0.29) is 16.7 Å². The van der Waals surface area contributed by atoms with Gasteiger partial charge in [0.15, 0.2) is 14.6 Å². The van der Waals surface area contributed by atoms with E-state index in [0.717, 1.165) is 11.1 Å². The third-order valence-electron chi connectivity index (χ3n) is 10.3. The van der Waals surface area contributed by atoms with E-state index in [2.05, 4.69) is 103 Å². The molecule has 5 rings (SSSR count). The van der Waals surface area contributed by atoms with E-state index in [9.17, 15) is 5.11 Å². The lowest BCUT2D eigenvalue weighted by Crippen LogP contribution is -2.69. The van der Waals surface area contributed by atoms with Crippen LogP contribution in [0.3, 0.4) is 0 Å². The second-order valence-corrected chi connectivity index (χ2v) is 25.0. The molecule has 0 aliphatic carbocycles. The van der Waals surface area contributed by atoms with Gasteiger partial charge in [0.1, 0.15) is 24.4 Å². The molecule has 1 heterocycles. The fourth-order valence-corrected chi connectivity index (χ4v) is 12.4. The molecule has 1 aliphatic heterocycles. The molecule has 1 N–H and O–H groups in total. The summed E-state index contributed by atoms with van der Waals surface area (Å²) >= 11 is 0. The summed E-state index contributed by atoms with van der Waals surface area (Å²) in [6.45, 7) is 18.8. The van der Waals surface area contributed by atoms with Crippen molar-refractivity contribution in [3.63, 3.8) is 0 Å². The van der Waals surface area contributed by atoms with Crippen molar-refractivity contribution in [2.45, 2.75) is 109 Å². The van der Waals surface area contributed by atoms with Gasteiger partial charge in [-0.3, -0.25) is 0 Å². The van der Waals surface area contributed by atoms with Crippen molar-refractivity contribution in [2.75, 3.05) is 6.61 Å². The summed E-state index contributed by atoms with van der Waals surface area (Å²) in [6, 6.07) is 41.2. The lowest BCUT2D eigenvalue weighted by molar-refractivity contribution is -0.304. The molecule has 1 aliphatic rings. The SMILES string of the molecule is CC(C)(C)[Si](C)(C)O[C@H]1[C@H](OCc2ccccc2)[C@@H](OCc2ccccc2)[C@@H](O)O[C@@H]1CO[Si](c1ccccc1)(c1ccccc1)C(C)(C)C. The van der Waals surface area contributed by atoms with Crippen molar-refractivity contribution in [2.24, 2.45) is 0 Å². The Morgan fingerprint density at radius 2 is 1.00 bits per heavy atom. The molecule has 0 spiro atoms. The van der Waals surface area contributed by atoms with Gasteiger partial charge in [-0.1, -0.05) is 163 Å². The highest BCUT2D eigenvalue weighted by atomic mass is 28.4. The molecule has 0 aromatic heterocycles. The van der Waals surface area contributed by atoms with Gasteiger partial charge in [-0.25, -0.2) is 0 Å². The van der Waals surface area contributed by atoms with E-state index in [1.807, 2.05) is 72.8 Å². The highest BCUT2D eigenvalue weighted by Crippen LogP contribution is 2.42. The molecule has 6 nitrogen and oxygen atoms in total. The van der Waals surface area contributed by atoms with Gasteiger partial charge in [-0.15, -0.1) is 0 Å². The first-order valence-electron chi connectivity index (χ1n) is 17.8. The van der Waals surface area contributed by atoms with Gasteiger partial charge >= 0.3 is 0 Å². The number of rotatable bonds is 13. The van der Waals surface area contributed by atoms with Crippen LogP contribution in [0.4, 0.5) is 0 Å². The lowest BCUT2D eigenvalue weighted by Gasteiger charge is -2.50. The quantitative estimate of drug-likeness (QED) is 0.143. The van der Waals surface area contributed by atoms with Crippen LogP contribution in [0.2, 0.25) is 23.2 Å². The number of ether oxygens (including phenoxy) is 3. The van der Waals surface area contributed by atoms with Crippen LogP contribution < -0.4 is 10.4 Å². The predicted octanol–water partition coefficient (Wildman–Crippen LogP) is 7.84. The Hall–Kier alpha value is -2.93. The van der Waals surface area contributed by atoms with Gasteiger partial charge < -0.3 is 28.2 Å². The first-order valence-corrected chi connectivity index (χ1v) is 22.6. The molecule has 50 heavy (non-hydrogen) atoms. The molecule has 268 valence electrons. The van der Waals surface area contributed by atoms with Crippen molar-refractivity contribution in [1.29, 1.82) is 0 Å². The maximum absolute atomic E-state index is 11.8. The minimum Gasteiger partial charge on any atom is -0.408 e. The van der Waals surface area contributed by atoms with Gasteiger partial charge in [-0.2, -0.15) is 0 Å². The zero-order valence-electron chi connectivity index (χ0n) is 31.0. The largest absolute Gasteiger partial charge is 0.408 e. The Bertz CT molecular complexity index is 1550. The molecule has 0 saturated carbocycles. The van der Waals surface area contributed by atoms with Gasteiger partial charge in [0.25, 0.3) is 8.32 Å². The average molecular weight is 713 g/mol. The van der Waals surface area contributed by atoms with E-state index in [1.54, 1.807) is 0 Å². The Balaban J connectivity index is 1.56. The van der Waals surface area contributed by atoms with Crippen LogP contribution in [0.5, 0.6) is 0 Å². The van der Waals surface area contributed by atoms with E-state index in [0.29, 0.717) is 13.2 Å². The summed E-state index contributed by atoms with van der Waals surface area (Å²) in [7, 11) is -5.33. The molecule has 8 heteroatoms. The fourth-order valence-electron chi connectivity index (χ4n) is 6.56. The minimum atomic E-state index is -2.93. The van der Waals surface area contributed by atoms with Crippen molar-refractivity contribution in [3.8, 4) is 0 Å². The maximum atomic E-state index is 11.8. The highest BCUT2D eigenvalue weighted by molar-refractivity contribution is 6.99. The molecule has 0 bridgehead atoms. The Labute approximate surface area is 302 Å². The van der Waals surface area contributed by atoms with E-state index >= 15 is 0 Å². The molecular weight excluding hydrogens is 657 g/mol. The molecule has 1 saturated heterocycles. The van der Waals surface area contributed by atoms with Gasteiger partial charge in [-0.05, 0) is 44.7 Å². The van der Waals surface area contributed by atoms with Crippen molar-refractivity contribution in [1.82, 2.24) is 0 Å². The van der Waals surface area contributed by atoms with Crippen molar-refractivity contribution < 1.29 is 28.2 Å². The Kier molecular flexibility index (Phi) is 12.4. The number of aliphatic hydroxyl groups is 1. The summed E-state index contributed by atoms with van der Waals surface area (Å²) in [4.78, 5) is 0. The van der Waals surface area contributed by atoms with Crippen LogP contribution in [0.25, 0.3) is 0 Å². The molecular formula is C42H56O6Si2. The normalized spacial score (nSPS) is 22.0. The Morgan fingerprint density at radius 1 is 0.580 bits per heavy atom. The van der Waals surface area contributed by atoms with E-state index < -0.39 is 47.3 Å². The third-order valence-corrected chi connectivity index (χ3v) is 19.8. The van der Waals surface area contributed by atoms with E-state index in [4.69, 9.17) is 23.1 Å². The van der Waals surface area contributed by atoms with Crippen LogP contribution in [-0.2, 0) is 36.3 Å². The van der Waals surface area contributed by atoms with Gasteiger partial charge in [0, 0.05) is 0 Å². The third kappa shape index (κ3) is 8.74. The molecule has 0 amide bonds. The topological polar surface area (TPSA) is 66.4 Å². The first-order chi connectivity index (χ1) is 23.7. The van der Waals surface area contributed by atoms with Gasteiger partial charge in [0.05, 0.1) is 19.8 Å². The fraction of sp³-hybridized carbons (Fsp3) is 0.429. The number of aliphatic hydroxyl groups excluding tert-OH is 1. The molecule has 1 fully saturated rings. The van der Waals surface area contributed by atoms with Crippen LogP contribution in [-0.4, -0.2) is 59.1 Å². The monoisotopic (exact) mass is 712 g/mol. The van der Waals surface area contributed by atoms with Crippen LogP contribution in [0.15, 0.2) is 121 Å². The number of hydrogen-bond donors (Lipinski definition) is 1. The second-order valence-electron chi connectivity index (χ2n) is 15.9. The summed E-state index contributed by atoms with van der Waals surface area (Å²) in [6.07, 6.45) is -3.88.